The zero-order valence-corrected chi connectivity index (χ0v) is 16.7. The molecule has 1 aromatic heterocycles. The highest BCUT2D eigenvalue weighted by Crippen LogP contribution is 2.41. The number of aliphatic hydroxyl groups is 4. The molecule has 0 unspecified atom stereocenters. The van der Waals surface area contributed by atoms with E-state index in [1.165, 1.54) is 0 Å². The minimum Gasteiger partial charge on any atom is -0.508 e. The van der Waals surface area contributed by atoms with Gasteiger partial charge in [0.15, 0.2) is 16.9 Å². The second kappa shape index (κ2) is 8.42. The highest BCUT2D eigenvalue weighted by atomic mass is 16.7. The Morgan fingerprint density at radius 1 is 0.848 bits per heavy atom. The van der Waals surface area contributed by atoms with Crippen molar-refractivity contribution in [2.75, 3.05) is 6.61 Å². The van der Waals surface area contributed by atoms with Gasteiger partial charge in [0.25, 0.3) is 0 Å². The summed E-state index contributed by atoms with van der Waals surface area (Å²) in [5.74, 6) is -2.59. The highest BCUT2D eigenvalue weighted by Gasteiger charge is 2.45. The topological polar surface area (TPSA) is 211 Å². The number of phenolic OH excluding ortho intramolecular Hbond substituents is 4. The molecule has 0 amide bonds. The lowest BCUT2D eigenvalue weighted by atomic mass is 9.99. The lowest BCUT2D eigenvalue weighted by molar-refractivity contribution is -0.277. The Hall–Kier alpha value is -3.55. The Morgan fingerprint density at radius 2 is 1.58 bits per heavy atom. The van der Waals surface area contributed by atoms with Crippen LogP contribution >= 0.6 is 0 Å². The predicted molar refractivity (Wildman–Crippen MR) is 109 cm³/mol. The summed E-state index contributed by atoms with van der Waals surface area (Å²) in [7, 11) is 0. The molecule has 1 aliphatic heterocycles. The van der Waals surface area contributed by atoms with Crippen LogP contribution in [0.25, 0.3) is 22.3 Å². The summed E-state index contributed by atoms with van der Waals surface area (Å²) >= 11 is 0. The van der Waals surface area contributed by atoms with E-state index in [0.717, 1.165) is 30.3 Å². The van der Waals surface area contributed by atoms with Gasteiger partial charge in [0, 0.05) is 24.3 Å². The molecule has 2 heterocycles. The Labute approximate surface area is 184 Å². The molecule has 5 atom stereocenters. The van der Waals surface area contributed by atoms with E-state index in [1.807, 2.05) is 0 Å². The Kier molecular flexibility index (Phi) is 5.78. The molecule has 33 heavy (non-hydrogen) atoms. The van der Waals surface area contributed by atoms with Crippen molar-refractivity contribution in [1.29, 1.82) is 0 Å². The quantitative estimate of drug-likeness (QED) is 0.245. The van der Waals surface area contributed by atoms with Crippen LogP contribution in [0.15, 0.2) is 39.5 Å². The molecular formula is C21H20O12. The van der Waals surface area contributed by atoms with Gasteiger partial charge in [0.2, 0.25) is 6.29 Å². The summed E-state index contributed by atoms with van der Waals surface area (Å²) in [6.45, 7) is -0.695. The molecule has 8 N–H and O–H groups in total. The van der Waals surface area contributed by atoms with E-state index in [1.54, 1.807) is 0 Å². The van der Waals surface area contributed by atoms with Gasteiger partial charge in [-0.25, -0.2) is 0 Å². The Bertz CT molecular complexity index is 1250. The smallest absolute Gasteiger partial charge is 0.229 e. The van der Waals surface area contributed by atoms with Crippen molar-refractivity contribution in [3.05, 3.63) is 40.6 Å². The van der Waals surface area contributed by atoms with Crippen molar-refractivity contribution in [1.82, 2.24) is 0 Å². The van der Waals surface area contributed by atoms with Crippen molar-refractivity contribution in [2.45, 2.75) is 30.7 Å². The van der Waals surface area contributed by atoms with E-state index in [4.69, 9.17) is 13.9 Å². The van der Waals surface area contributed by atoms with Crippen LogP contribution in [-0.4, -0.2) is 78.2 Å². The lowest BCUT2D eigenvalue weighted by Crippen LogP contribution is -2.60. The summed E-state index contributed by atoms with van der Waals surface area (Å²) in [5, 5.41) is 79.0. The first kappa shape index (κ1) is 22.6. The van der Waals surface area contributed by atoms with E-state index in [0.29, 0.717) is 0 Å². The number of phenols is 4. The van der Waals surface area contributed by atoms with Gasteiger partial charge < -0.3 is 54.7 Å². The van der Waals surface area contributed by atoms with Crippen LogP contribution in [0.4, 0.5) is 0 Å². The molecule has 176 valence electrons. The van der Waals surface area contributed by atoms with E-state index in [9.17, 15) is 45.6 Å². The van der Waals surface area contributed by atoms with Gasteiger partial charge in [-0.1, -0.05) is 0 Å². The maximum atomic E-state index is 12.5. The second-order valence-corrected chi connectivity index (χ2v) is 7.47. The van der Waals surface area contributed by atoms with Gasteiger partial charge in [-0.15, -0.1) is 0 Å². The molecule has 0 aliphatic carbocycles. The van der Waals surface area contributed by atoms with Crippen LogP contribution in [0.5, 0.6) is 28.7 Å². The van der Waals surface area contributed by atoms with Gasteiger partial charge >= 0.3 is 0 Å². The zero-order valence-electron chi connectivity index (χ0n) is 16.7. The van der Waals surface area contributed by atoms with Crippen LogP contribution < -0.4 is 10.2 Å². The standard InChI is InChI=1S/C21H20O12/c22-6-16-18(28)19(29)20(30)21(33-16)32-14-3-8(9(24)4-10(14)25)13-5-12(27)17-11(26)1-7(23)2-15(17)31-13/h1-5,16,18-26,28-30H,6H2/t16-,18-,19-,20-,21-/m0/s1. The third-order valence-electron chi connectivity index (χ3n) is 5.23. The number of hydrogen-bond donors (Lipinski definition) is 8. The molecule has 1 fully saturated rings. The fourth-order valence-electron chi connectivity index (χ4n) is 3.53. The van der Waals surface area contributed by atoms with Crippen molar-refractivity contribution in [2.24, 2.45) is 0 Å². The van der Waals surface area contributed by atoms with Crippen molar-refractivity contribution in [3.63, 3.8) is 0 Å². The monoisotopic (exact) mass is 464 g/mol. The minimum absolute atomic E-state index is 0.144. The fraction of sp³-hybridized carbons (Fsp3) is 0.286. The average Bonchev–Trinajstić information content (AvgIpc) is 2.74. The van der Waals surface area contributed by atoms with Gasteiger partial charge in [-0.3, -0.25) is 4.79 Å². The highest BCUT2D eigenvalue weighted by molar-refractivity contribution is 5.86. The fourth-order valence-corrected chi connectivity index (χ4v) is 3.53. The second-order valence-electron chi connectivity index (χ2n) is 7.47. The number of hydrogen-bond acceptors (Lipinski definition) is 12. The lowest BCUT2D eigenvalue weighted by Gasteiger charge is -2.39. The summed E-state index contributed by atoms with van der Waals surface area (Å²) in [4.78, 5) is 12.5. The molecule has 2 aromatic carbocycles. The first-order valence-electron chi connectivity index (χ1n) is 9.64. The molecule has 0 radical (unpaired) electrons. The molecule has 12 heteroatoms. The van der Waals surface area contributed by atoms with Crippen LogP contribution in [0.1, 0.15) is 0 Å². The summed E-state index contributed by atoms with van der Waals surface area (Å²) in [5.41, 5.74) is -1.01. The molecule has 3 aromatic rings. The average molecular weight is 464 g/mol. The number of ether oxygens (including phenoxy) is 2. The maximum absolute atomic E-state index is 12.5. The third-order valence-corrected chi connectivity index (χ3v) is 5.23. The number of benzene rings is 2. The first-order chi connectivity index (χ1) is 15.6. The van der Waals surface area contributed by atoms with E-state index >= 15 is 0 Å². The molecule has 4 rings (SSSR count). The number of fused-ring (bicyclic) bond motifs is 1. The number of rotatable bonds is 4. The van der Waals surface area contributed by atoms with Crippen molar-refractivity contribution >= 4 is 11.0 Å². The van der Waals surface area contributed by atoms with Gasteiger partial charge in [0.1, 0.15) is 58.4 Å². The number of aliphatic hydroxyl groups excluding tert-OH is 4. The van der Waals surface area contributed by atoms with Crippen LogP contribution in [0.3, 0.4) is 0 Å². The molecule has 0 spiro atoms. The maximum Gasteiger partial charge on any atom is 0.229 e. The third kappa shape index (κ3) is 4.01. The Morgan fingerprint density at radius 3 is 2.27 bits per heavy atom. The summed E-state index contributed by atoms with van der Waals surface area (Å²) in [6.07, 6.45) is -7.98. The van der Waals surface area contributed by atoms with Gasteiger partial charge in [0.05, 0.1) is 12.2 Å². The van der Waals surface area contributed by atoms with E-state index in [2.05, 4.69) is 0 Å². The first-order valence-corrected chi connectivity index (χ1v) is 9.64. The molecular weight excluding hydrogens is 444 g/mol. The van der Waals surface area contributed by atoms with Crippen LogP contribution in [0, 0.1) is 0 Å². The van der Waals surface area contributed by atoms with Crippen molar-refractivity contribution in [3.8, 4) is 40.1 Å². The SMILES string of the molecule is O=c1cc(-c2cc(O[C@H]3O[C@@H](CO)[C@H](O)[C@H](O)[C@@H]3O)c(O)cc2O)oc2cc(O)cc(O)c12. The largest absolute Gasteiger partial charge is 0.508 e. The minimum atomic E-state index is -1.76. The molecule has 12 nitrogen and oxygen atoms in total. The molecule has 0 bridgehead atoms. The van der Waals surface area contributed by atoms with Crippen LogP contribution in [-0.2, 0) is 4.74 Å². The van der Waals surface area contributed by atoms with Gasteiger partial charge in [-0.05, 0) is 6.07 Å². The Balaban J connectivity index is 1.75. The van der Waals surface area contributed by atoms with Crippen molar-refractivity contribution < 1.29 is 54.7 Å². The summed E-state index contributed by atoms with van der Waals surface area (Å²) < 4.78 is 16.2. The summed E-state index contributed by atoms with van der Waals surface area (Å²) in [6, 6.07) is 4.92. The van der Waals surface area contributed by atoms with Crippen LogP contribution in [0.2, 0.25) is 0 Å². The zero-order chi connectivity index (χ0) is 24.0. The van der Waals surface area contributed by atoms with Gasteiger partial charge in [-0.2, -0.15) is 0 Å². The predicted octanol–water partition coefficient (Wildman–Crippen LogP) is -0.539. The molecule has 0 saturated carbocycles. The van der Waals surface area contributed by atoms with E-state index in [-0.39, 0.29) is 33.8 Å². The van der Waals surface area contributed by atoms with E-state index < -0.39 is 60.0 Å². The molecule has 1 aliphatic rings. The molecule has 1 saturated heterocycles. The normalized spacial score (nSPS) is 25.3. The number of aromatic hydroxyl groups is 4.